The molecule has 0 radical (unpaired) electrons. The Bertz CT molecular complexity index is 2120. The molecule has 18 heteroatoms. The van der Waals surface area contributed by atoms with Gasteiger partial charge in [-0.3, -0.25) is 19.1 Å². The molecule has 2 saturated heterocycles. The van der Waals surface area contributed by atoms with Crippen LogP contribution < -0.4 is 24.8 Å². The Kier molecular flexibility index (Phi) is 11.1. The van der Waals surface area contributed by atoms with Crippen LogP contribution in [0.2, 0.25) is 0 Å². The quantitative estimate of drug-likeness (QED) is 0.301. The summed E-state index contributed by atoms with van der Waals surface area (Å²) in [6.07, 6.45) is 6.03. The number of alkyl carbamates (subject to hydrolysis) is 1. The van der Waals surface area contributed by atoms with E-state index in [0.717, 1.165) is 24.6 Å². The summed E-state index contributed by atoms with van der Waals surface area (Å²) in [5.41, 5.74) is -2.28. The molecule has 4 heterocycles. The lowest BCUT2D eigenvalue weighted by Crippen LogP contribution is -2.59. The largest absolute Gasteiger partial charge is 0.497 e. The summed E-state index contributed by atoms with van der Waals surface area (Å²) < 4.78 is 47.3. The van der Waals surface area contributed by atoms with E-state index in [1.54, 1.807) is 57.1 Å². The molecule has 0 spiro atoms. The topological polar surface area (TPSA) is 203 Å². The van der Waals surface area contributed by atoms with Crippen LogP contribution in [0.15, 0.2) is 42.7 Å². The van der Waals surface area contributed by atoms with Crippen LogP contribution in [-0.2, 0) is 29.1 Å². The molecule has 5 atom stereocenters. The third-order valence-electron chi connectivity index (χ3n) is 11.0. The average Bonchev–Trinajstić information content (AvgIpc) is 4.01. The number of aromatic nitrogens is 3. The Morgan fingerprint density at radius 2 is 1.84 bits per heavy atom. The van der Waals surface area contributed by atoms with E-state index in [4.69, 9.17) is 19.2 Å². The van der Waals surface area contributed by atoms with Gasteiger partial charge in [0, 0.05) is 30.7 Å². The molecule has 2 aliphatic heterocycles. The molecule has 17 nitrogen and oxygen atoms in total. The molecule has 4 fully saturated rings. The molecule has 57 heavy (non-hydrogen) atoms. The first-order valence-corrected chi connectivity index (χ1v) is 21.1. The molecule has 2 saturated carbocycles. The van der Waals surface area contributed by atoms with Crippen LogP contribution in [0.4, 0.5) is 4.79 Å². The standard InChI is InChI=1S/C39H52N8O9S/c1-38(2,3)56-37(51)41-30-23-45(4)16-8-6-7-10-25-21-39(25,36(50)44-57(52,53)28-12-13-28)43-33(48)31-20-27(22-46(31)35(30)49)55-34-29-14-11-26(54-5)18-24(29)19-32(42-34)47-17-9-15-40-47/h9,11,14-15,17-19,25,27-28,30-31H,6-8,10,12-13,16,20-23H2,1-5H3,(H,41,51)(H,43,48)(H,44,50)/t25-,27-,30+,31+,39-/m1/s1. The first kappa shape index (κ1) is 40.2. The number of pyridine rings is 1. The molecule has 4 aliphatic rings. The van der Waals surface area contributed by atoms with Crippen molar-refractivity contribution in [2.75, 3.05) is 33.8 Å². The van der Waals surface area contributed by atoms with Crippen LogP contribution >= 0.6 is 0 Å². The monoisotopic (exact) mass is 808 g/mol. The Morgan fingerprint density at radius 1 is 1.05 bits per heavy atom. The smallest absolute Gasteiger partial charge is 0.408 e. The summed E-state index contributed by atoms with van der Waals surface area (Å²) in [6.45, 7) is 5.88. The van der Waals surface area contributed by atoms with Crippen LogP contribution in [0, 0.1) is 5.92 Å². The Labute approximate surface area is 332 Å². The zero-order valence-corrected chi connectivity index (χ0v) is 33.8. The predicted molar refractivity (Wildman–Crippen MR) is 208 cm³/mol. The summed E-state index contributed by atoms with van der Waals surface area (Å²) in [4.78, 5) is 64.4. The number of benzene rings is 1. The van der Waals surface area contributed by atoms with Crippen molar-refractivity contribution < 1.29 is 41.8 Å². The number of amides is 4. The van der Waals surface area contributed by atoms with E-state index in [9.17, 15) is 27.6 Å². The fourth-order valence-electron chi connectivity index (χ4n) is 7.80. The molecule has 0 bridgehead atoms. The third-order valence-corrected chi connectivity index (χ3v) is 12.8. The van der Waals surface area contributed by atoms with Crippen molar-refractivity contribution in [3.63, 3.8) is 0 Å². The van der Waals surface area contributed by atoms with Crippen LogP contribution in [0.1, 0.15) is 72.1 Å². The zero-order chi connectivity index (χ0) is 40.7. The Morgan fingerprint density at radius 3 is 2.54 bits per heavy atom. The number of fused-ring (bicyclic) bond motifs is 3. The summed E-state index contributed by atoms with van der Waals surface area (Å²) in [5, 5.41) is 10.8. The highest BCUT2D eigenvalue weighted by Crippen LogP contribution is 2.48. The van der Waals surface area contributed by atoms with Crippen LogP contribution in [0.3, 0.4) is 0 Å². The van der Waals surface area contributed by atoms with Crippen molar-refractivity contribution in [2.24, 2.45) is 5.92 Å². The summed E-state index contributed by atoms with van der Waals surface area (Å²) >= 11 is 0. The summed E-state index contributed by atoms with van der Waals surface area (Å²) in [7, 11) is -0.458. The van der Waals surface area contributed by atoms with Gasteiger partial charge in [-0.2, -0.15) is 10.1 Å². The van der Waals surface area contributed by atoms with Gasteiger partial charge in [0.05, 0.1) is 18.9 Å². The highest BCUT2D eigenvalue weighted by atomic mass is 32.2. The first-order valence-electron chi connectivity index (χ1n) is 19.6. The predicted octanol–water partition coefficient (Wildman–Crippen LogP) is 2.66. The van der Waals surface area contributed by atoms with E-state index >= 15 is 0 Å². The van der Waals surface area contributed by atoms with E-state index in [1.807, 2.05) is 30.1 Å². The van der Waals surface area contributed by atoms with Gasteiger partial charge in [-0.05, 0) is 108 Å². The number of carbonyl (C=O) groups excluding carboxylic acids is 4. The van der Waals surface area contributed by atoms with Crippen LogP contribution in [0.5, 0.6) is 11.6 Å². The number of likely N-dealkylation sites (N-methyl/N-ethyl adjacent to an activating group) is 1. The minimum Gasteiger partial charge on any atom is -0.497 e. The number of carbonyl (C=O) groups is 4. The lowest BCUT2D eigenvalue weighted by atomic mass is 10.1. The number of methoxy groups -OCH3 is 1. The zero-order valence-electron chi connectivity index (χ0n) is 33.0. The highest BCUT2D eigenvalue weighted by molar-refractivity contribution is 7.91. The maximum Gasteiger partial charge on any atom is 0.408 e. The highest BCUT2D eigenvalue weighted by Gasteiger charge is 2.62. The third kappa shape index (κ3) is 9.11. The molecular formula is C39H52N8O9S. The van der Waals surface area contributed by atoms with E-state index in [2.05, 4.69) is 20.5 Å². The van der Waals surface area contributed by atoms with Gasteiger partial charge in [0.1, 0.15) is 35.1 Å². The maximum atomic E-state index is 14.7. The van der Waals surface area contributed by atoms with Crippen molar-refractivity contribution in [3.05, 3.63) is 42.7 Å². The summed E-state index contributed by atoms with van der Waals surface area (Å²) in [5.74, 6) is -0.868. The number of ether oxygens (including phenoxy) is 3. The second-order valence-electron chi connectivity index (χ2n) is 16.7. The number of nitrogens with zero attached hydrogens (tertiary/aromatic N) is 5. The molecule has 3 aromatic rings. The fraction of sp³-hybridized carbons (Fsp3) is 0.590. The molecule has 1 aromatic carbocycles. The van der Waals surface area contributed by atoms with Gasteiger partial charge in [-0.15, -0.1) is 0 Å². The molecule has 3 N–H and O–H groups in total. The molecule has 7 rings (SSSR count). The van der Waals surface area contributed by atoms with E-state index in [1.165, 1.54) is 4.90 Å². The van der Waals surface area contributed by atoms with Crippen molar-refractivity contribution >= 4 is 44.6 Å². The van der Waals surface area contributed by atoms with Gasteiger partial charge in [0.15, 0.2) is 5.82 Å². The maximum absolute atomic E-state index is 14.7. The van der Waals surface area contributed by atoms with Gasteiger partial charge in [0.2, 0.25) is 27.7 Å². The second kappa shape index (κ2) is 15.8. The lowest BCUT2D eigenvalue weighted by molar-refractivity contribution is -0.141. The number of nitrogens with one attached hydrogen (secondary N) is 3. The average molecular weight is 809 g/mol. The molecule has 4 amide bonds. The molecule has 308 valence electrons. The van der Waals surface area contributed by atoms with Crippen LogP contribution in [0.25, 0.3) is 16.6 Å². The summed E-state index contributed by atoms with van der Waals surface area (Å²) in [6, 6.07) is 6.80. The number of hydrogen-bond acceptors (Lipinski definition) is 12. The van der Waals surface area contributed by atoms with Gasteiger partial charge >= 0.3 is 6.09 Å². The first-order chi connectivity index (χ1) is 27.0. The van der Waals surface area contributed by atoms with Gasteiger partial charge in [-0.25, -0.2) is 17.9 Å². The van der Waals surface area contributed by atoms with Crippen LogP contribution in [-0.4, -0.2) is 125 Å². The molecular weight excluding hydrogens is 757 g/mol. The van der Waals surface area contributed by atoms with E-state index in [-0.39, 0.29) is 37.7 Å². The van der Waals surface area contributed by atoms with Crippen molar-refractivity contribution in [3.8, 4) is 17.4 Å². The number of sulfonamides is 1. The Hall–Kier alpha value is -4.97. The van der Waals surface area contributed by atoms with Gasteiger partial charge in [-0.1, -0.05) is 12.8 Å². The van der Waals surface area contributed by atoms with E-state index < -0.39 is 68.4 Å². The number of rotatable bonds is 8. The Balaban J connectivity index is 1.23. The SMILES string of the molecule is COc1ccc2c(O[C@@H]3C[C@H]4C(=O)N[C@]5(C(=O)NS(=O)(=O)C6CC6)C[C@H]5CCCCCN(C)C[C@H](NC(=O)OC(C)(C)C)C(=O)N4C3)nc(-n3cccn3)cc2c1. The van der Waals surface area contributed by atoms with Gasteiger partial charge in [0.25, 0.3) is 5.91 Å². The van der Waals surface area contributed by atoms with Gasteiger partial charge < -0.3 is 34.6 Å². The molecule has 2 aliphatic carbocycles. The molecule has 2 aromatic heterocycles. The minimum absolute atomic E-state index is 0.0145. The lowest BCUT2D eigenvalue weighted by Gasteiger charge is -2.32. The number of hydrogen-bond donors (Lipinski definition) is 3. The van der Waals surface area contributed by atoms with Crippen molar-refractivity contribution in [1.29, 1.82) is 0 Å². The van der Waals surface area contributed by atoms with E-state index in [0.29, 0.717) is 42.8 Å². The minimum atomic E-state index is -3.89. The fourth-order valence-corrected chi connectivity index (χ4v) is 9.16. The van der Waals surface area contributed by atoms with Crippen molar-refractivity contribution in [1.82, 2.24) is 39.9 Å². The molecule has 0 unspecified atom stereocenters. The second-order valence-corrected chi connectivity index (χ2v) is 18.6. The normalized spacial score (nSPS) is 26.3. The van der Waals surface area contributed by atoms with Crippen molar-refractivity contribution in [2.45, 2.75) is 107 Å².